The molecule has 1 aromatic carbocycles. The first-order valence-corrected chi connectivity index (χ1v) is 11.6. The minimum Gasteiger partial charge on any atom is -0.349 e. The second kappa shape index (κ2) is 11.7. The summed E-state index contributed by atoms with van der Waals surface area (Å²) in [5, 5.41) is 6.53. The molecule has 30 heavy (non-hydrogen) atoms. The molecule has 1 amide bonds. The molecule has 1 aliphatic carbocycles. The summed E-state index contributed by atoms with van der Waals surface area (Å²) in [6.45, 7) is 3.90. The smallest absolute Gasteiger partial charge is 0.251 e. The summed E-state index contributed by atoms with van der Waals surface area (Å²) >= 11 is 0. The number of nitrogens with zero attached hydrogens (tertiary/aromatic N) is 2. The van der Waals surface area contributed by atoms with E-state index >= 15 is 0 Å². The van der Waals surface area contributed by atoms with Gasteiger partial charge in [-0.05, 0) is 51.0 Å². The molecular weight excluding hydrogens is 372 g/mol. The van der Waals surface area contributed by atoms with Gasteiger partial charge in [0, 0.05) is 28.7 Å². The molecule has 0 bridgehead atoms. The van der Waals surface area contributed by atoms with E-state index < -0.39 is 0 Å². The van der Waals surface area contributed by atoms with Crippen molar-refractivity contribution >= 4 is 17.5 Å². The summed E-state index contributed by atoms with van der Waals surface area (Å²) in [5.41, 5.74) is 3.34. The predicted octanol–water partition coefficient (Wildman–Crippen LogP) is 6.24. The molecule has 0 atom stereocenters. The molecule has 162 valence electrons. The highest BCUT2D eigenvalue weighted by Gasteiger charge is 2.14. The van der Waals surface area contributed by atoms with Gasteiger partial charge in [-0.1, -0.05) is 63.9 Å². The van der Waals surface area contributed by atoms with Crippen molar-refractivity contribution in [3.8, 4) is 0 Å². The lowest BCUT2D eigenvalue weighted by atomic mass is 9.97. The highest BCUT2D eigenvalue weighted by Crippen LogP contribution is 2.19. The third-order valence-electron chi connectivity index (χ3n) is 5.80. The van der Waals surface area contributed by atoms with Crippen molar-refractivity contribution in [3.63, 3.8) is 0 Å². The Labute approximate surface area is 181 Å². The molecule has 1 saturated carbocycles. The quantitative estimate of drug-likeness (QED) is 0.628. The third-order valence-corrected chi connectivity index (χ3v) is 5.80. The first-order chi connectivity index (χ1) is 14.6. The molecule has 1 aromatic heterocycles. The fourth-order valence-corrected chi connectivity index (χ4v) is 4.23. The molecule has 0 spiro atoms. The van der Waals surface area contributed by atoms with Crippen LogP contribution in [0.15, 0.2) is 30.3 Å². The maximum atomic E-state index is 12.9. The first-order valence-electron chi connectivity index (χ1n) is 11.6. The number of benzene rings is 1. The highest BCUT2D eigenvalue weighted by atomic mass is 16.1. The molecule has 2 aromatic rings. The zero-order chi connectivity index (χ0) is 21.2. The Morgan fingerprint density at radius 3 is 2.00 bits per heavy atom. The Bertz CT molecular complexity index is 788. The molecule has 5 heteroatoms. The van der Waals surface area contributed by atoms with Crippen LogP contribution in [0.1, 0.15) is 92.4 Å². The van der Waals surface area contributed by atoms with Gasteiger partial charge < -0.3 is 10.6 Å². The first kappa shape index (κ1) is 22.3. The monoisotopic (exact) mass is 408 g/mol. The van der Waals surface area contributed by atoms with Gasteiger partial charge >= 0.3 is 0 Å². The summed E-state index contributed by atoms with van der Waals surface area (Å²) in [4.78, 5) is 21.8. The number of hydrogen-bond donors (Lipinski definition) is 2. The van der Waals surface area contributed by atoms with Gasteiger partial charge in [-0.25, -0.2) is 9.97 Å². The van der Waals surface area contributed by atoms with Crippen LogP contribution < -0.4 is 10.6 Å². The SMILES string of the molecule is Cc1cc(C)nc(Nc2cccc(C(=O)NC3CCCCCCCCCCC3)c2)n1. The molecular formula is C25H36N4O. The van der Waals surface area contributed by atoms with Gasteiger partial charge in [0.25, 0.3) is 5.91 Å². The van der Waals surface area contributed by atoms with Crippen molar-refractivity contribution in [1.82, 2.24) is 15.3 Å². The lowest BCUT2D eigenvalue weighted by molar-refractivity contribution is 0.0931. The molecule has 0 saturated heterocycles. The summed E-state index contributed by atoms with van der Waals surface area (Å²) in [7, 11) is 0. The Morgan fingerprint density at radius 2 is 1.40 bits per heavy atom. The summed E-state index contributed by atoms with van der Waals surface area (Å²) < 4.78 is 0. The van der Waals surface area contributed by atoms with E-state index in [1.807, 2.05) is 44.2 Å². The number of carbonyl (C=O) groups excluding carboxylic acids is 1. The van der Waals surface area contributed by atoms with Gasteiger partial charge in [0.1, 0.15) is 0 Å². The standard InChI is InChI=1S/C25H36N4O/c1-19-17-20(2)27-25(26-19)29-23-16-12-13-21(18-23)24(30)28-22-14-10-8-6-4-3-5-7-9-11-15-22/h12-13,16-18,22H,3-11,14-15H2,1-2H3,(H,28,30)(H,26,27,29). The van der Waals surface area contributed by atoms with Gasteiger partial charge in [0.15, 0.2) is 0 Å². The van der Waals surface area contributed by atoms with E-state index in [4.69, 9.17) is 0 Å². The normalized spacial score (nSPS) is 16.9. The largest absolute Gasteiger partial charge is 0.349 e. The maximum Gasteiger partial charge on any atom is 0.251 e. The summed E-state index contributed by atoms with van der Waals surface area (Å²) in [6.07, 6.45) is 13.9. The van der Waals surface area contributed by atoms with Gasteiger partial charge in [0.2, 0.25) is 5.95 Å². The number of nitrogens with one attached hydrogen (secondary N) is 2. The van der Waals surface area contributed by atoms with E-state index in [2.05, 4.69) is 20.6 Å². The molecule has 0 unspecified atom stereocenters. The van der Waals surface area contributed by atoms with Crippen LogP contribution in [0.2, 0.25) is 0 Å². The third kappa shape index (κ3) is 7.43. The number of anilines is 2. The molecule has 1 heterocycles. The summed E-state index contributed by atoms with van der Waals surface area (Å²) in [6, 6.07) is 9.81. The zero-order valence-corrected chi connectivity index (χ0v) is 18.5. The van der Waals surface area contributed by atoms with Gasteiger partial charge in [-0.2, -0.15) is 0 Å². The van der Waals surface area contributed by atoms with E-state index in [-0.39, 0.29) is 11.9 Å². The number of rotatable bonds is 4. The van der Waals surface area contributed by atoms with Crippen molar-refractivity contribution < 1.29 is 4.79 Å². The number of hydrogen-bond acceptors (Lipinski definition) is 4. The van der Waals surface area contributed by atoms with Crippen LogP contribution in [0, 0.1) is 13.8 Å². The number of amides is 1. The van der Waals surface area contributed by atoms with Gasteiger partial charge in [0.05, 0.1) is 0 Å². The molecule has 1 aliphatic rings. The average molecular weight is 409 g/mol. The van der Waals surface area contributed by atoms with Crippen LogP contribution in [-0.4, -0.2) is 21.9 Å². The van der Waals surface area contributed by atoms with Gasteiger partial charge in [-0.3, -0.25) is 4.79 Å². The van der Waals surface area contributed by atoms with E-state index in [0.29, 0.717) is 11.5 Å². The van der Waals surface area contributed by atoms with Crippen molar-refractivity contribution in [2.45, 2.75) is 90.5 Å². The van der Waals surface area contributed by atoms with Crippen molar-refractivity contribution in [3.05, 3.63) is 47.3 Å². The second-order valence-corrected chi connectivity index (χ2v) is 8.61. The lowest BCUT2D eigenvalue weighted by Gasteiger charge is -2.20. The molecule has 0 radical (unpaired) electrons. The highest BCUT2D eigenvalue weighted by molar-refractivity contribution is 5.95. The van der Waals surface area contributed by atoms with E-state index in [1.54, 1.807) is 0 Å². The average Bonchev–Trinajstić information content (AvgIpc) is 2.69. The Hall–Kier alpha value is -2.43. The van der Waals surface area contributed by atoms with Crippen molar-refractivity contribution in [1.29, 1.82) is 0 Å². The van der Waals surface area contributed by atoms with E-state index in [0.717, 1.165) is 29.9 Å². The zero-order valence-electron chi connectivity index (χ0n) is 18.5. The van der Waals surface area contributed by atoms with Crippen molar-refractivity contribution in [2.24, 2.45) is 0 Å². The fourth-order valence-electron chi connectivity index (χ4n) is 4.23. The van der Waals surface area contributed by atoms with Crippen LogP contribution in [0.5, 0.6) is 0 Å². The van der Waals surface area contributed by atoms with Crippen LogP contribution in [0.25, 0.3) is 0 Å². The van der Waals surface area contributed by atoms with E-state index in [9.17, 15) is 4.79 Å². The Kier molecular flexibility index (Phi) is 8.66. The second-order valence-electron chi connectivity index (χ2n) is 8.61. The van der Waals surface area contributed by atoms with Crippen LogP contribution in [-0.2, 0) is 0 Å². The molecule has 0 aliphatic heterocycles. The summed E-state index contributed by atoms with van der Waals surface area (Å²) in [5.74, 6) is 0.571. The van der Waals surface area contributed by atoms with E-state index in [1.165, 1.54) is 57.8 Å². The molecule has 1 fully saturated rings. The number of carbonyl (C=O) groups is 1. The predicted molar refractivity (Wildman–Crippen MR) is 123 cm³/mol. The number of aryl methyl sites for hydroxylation is 2. The fraction of sp³-hybridized carbons (Fsp3) is 0.560. The van der Waals surface area contributed by atoms with Crippen LogP contribution in [0.4, 0.5) is 11.6 Å². The Morgan fingerprint density at radius 1 is 0.833 bits per heavy atom. The maximum absolute atomic E-state index is 12.9. The molecule has 5 nitrogen and oxygen atoms in total. The minimum atomic E-state index is 0.0112. The van der Waals surface area contributed by atoms with Crippen molar-refractivity contribution in [2.75, 3.05) is 5.32 Å². The Balaban J connectivity index is 1.61. The van der Waals surface area contributed by atoms with Gasteiger partial charge in [-0.15, -0.1) is 0 Å². The number of aromatic nitrogens is 2. The van der Waals surface area contributed by atoms with Crippen LogP contribution >= 0.6 is 0 Å². The molecule has 2 N–H and O–H groups in total. The van der Waals surface area contributed by atoms with Crippen LogP contribution in [0.3, 0.4) is 0 Å². The minimum absolute atomic E-state index is 0.0112. The topological polar surface area (TPSA) is 66.9 Å². The molecule has 3 rings (SSSR count). The lowest BCUT2D eigenvalue weighted by Crippen LogP contribution is -2.35.